The Morgan fingerprint density at radius 1 is 1.36 bits per heavy atom. The van der Waals surface area contributed by atoms with Crippen LogP contribution >= 0.6 is 0 Å². The van der Waals surface area contributed by atoms with Crippen molar-refractivity contribution in [3.8, 4) is 0 Å². The van der Waals surface area contributed by atoms with Gasteiger partial charge in [-0.05, 0) is 44.6 Å². The normalized spacial score (nSPS) is 24.1. The van der Waals surface area contributed by atoms with E-state index in [0.29, 0.717) is 12.6 Å². The summed E-state index contributed by atoms with van der Waals surface area (Å²) in [6, 6.07) is 3.78. The molecule has 0 amide bonds. The van der Waals surface area contributed by atoms with Crippen molar-refractivity contribution in [3.63, 3.8) is 0 Å². The van der Waals surface area contributed by atoms with Crippen molar-refractivity contribution in [1.82, 2.24) is 15.1 Å². The molecule has 1 saturated heterocycles. The van der Waals surface area contributed by atoms with Crippen LogP contribution in [0.3, 0.4) is 0 Å². The minimum Gasteiger partial charge on any atom is -0.389 e. The molecule has 6 nitrogen and oxygen atoms in total. The van der Waals surface area contributed by atoms with E-state index in [1.54, 1.807) is 13.1 Å². The highest BCUT2D eigenvalue weighted by Gasteiger charge is 2.34. The quantitative estimate of drug-likeness (QED) is 0.835. The molecule has 22 heavy (non-hydrogen) atoms. The molecule has 1 unspecified atom stereocenters. The molecule has 6 heteroatoms. The van der Waals surface area contributed by atoms with Crippen LogP contribution in [-0.4, -0.2) is 46.2 Å². The summed E-state index contributed by atoms with van der Waals surface area (Å²) in [5, 5.41) is 18.0. The highest BCUT2D eigenvalue weighted by molar-refractivity contribution is 5.38. The molecule has 1 atom stereocenters. The van der Waals surface area contributed by atoms with Gasteiger partial charge in [0.25, 0.3) is 5.56 Å². The van der Waals surface area contributed by atoms with Crippen LogP contribution in [0.5, 0.6) is 0 Å². The van der Waals surface area contributed by atoms with Gasteiger partial charge in [-0.2, -0.15) is 5.10 Å². The summed E-state index contributed by atoms with van der Waals surface area (Å²) in [6.45, 7) is 2.51. The van der Waals surface area contributed by atoms with Gasteiger partial charge in [0.1, 0.15) is 5.82 Å². The van der Waals surface area contributed by atoms with E-state index >= 15 is 0 Å². The van der Waals surface area contributed by atoms with Crippen LogP contribution in [0.15, 0.2) is 16.9 Å². The lowest BCUT2D eigenvalue weighted by atomic mass is 9.80. The van der Waals surface area contributed by atoms with Gasteiger partial charge >= 0.3 is 0 Å². The molecule has 0 spiro atoms. The molecule has 2 N–H and O–H groups in total. The number of aliphatic hydroxyl groups is 1. The Balaban J connectivity index is 1.62. The molecule has 0 aromatic carbocycles. The fraction of sp³-hybridized carbons (Fsp3) is 0.750. The summed E-state index contributed by atoms with van der Waals surface area (Å²) in [6.07, 6.45) is 6.46. The lowest BCUT2D eigenvalue weighted by Crippen LogP contribution is -2.51. The number of aryl methyl sites for hydroxylation is 1. The lowest BCUT2D eigenvalue weighted by Gasteiger charge is -2.39. The standard InChI is InChI=1S/C16H26N4O2/c1-19-15(21)7-6-14(18-19)20-10-3-2-5-13(20)11-17-12-16(22)8-4-9-16/h6-7,13,17,22H,2-5,8-12H2,1H3. The van der Waals surface area contributed by atoms with Crippen LogP contribution < -0.4 is 15.8 Å². The number of hydrogen-bond donors (Lipinski definition) is 2. The van der Waals surface area contributed by atoms with E-state index in [0.717, 1.165) is 51.0 Å². The summed E-state index contributed by atoms with van der Waals surface area (Å²) in [7, 11) is 1.69. The molecule has 1 aliphatic heterocycles. The van der Waals surface area contributed by atoms with Crippen LogP contribution in [0.2, 0.25) is 0 Å². The van der Waals surface area contributed by atoms with Crippen molar-refractivity contribution in [2.75, 3.05) is 24.5 Å². The second-order valence-corrected chi connectivity index (χ2v) is 6.71. The van der Waals surface area contributed by atoms with Crippen molar-refractivity contribution in [1.29, 1.82) is 0 Å². The molecule has 1 aromatic heterocycles. The summed E-state index contributed by atoms with van der Waals surface area (Å²) in [5.41, 5.74) is -0.559. The van der Waals surface area contributed by atoms with E-state index in [4.69, 9.17) is 0 Å². The average molecular weight is 306 g/mol. The minimum atomic E-state index is -0.478. The van der Waals surface area contributed by atoms with E-state index < -0.39 is 5.60 Å². The molecule has 2 aliphatic rings. The lowest BCUT2D eigenvalue weighted by molar-refractivity contribution is -0.0314. The number of aromatic nitrogens is 2. The topological polar surface area (TPSA) is 70.4 Å². The van der Waals surface area contributed by atoms with Gasteiger partial charge in [0.15, 0.2) is 0 Å². The monoisotopic (exact) mass is 306 g/mol. The molecule has 2 heterocycles. The van der Waals surface area contributed by atoms with Crippen LogP contribution in [0.25, 0.3) is 0 Å². The molecule has 0 radical (unpaired) electrons. The number of rotatable bonds is 5. The fourth-order valence-electron chi connectivity index (χ4n) is 3.39. The number of piperidine rings is 1. The van der Waals surface area contributed by atoms with E-state index in [9.17, 15) is 9.90 Å². The largest absolute Gasteiger partial charge is 0.389 e. The summed E-state index contributed by atoms with van der Waals surface area (Å²) in [5.74, 6) is 0.871. The van der Waals surface area contributed by atoms with Gasteiger partial charge in [0.2, 0.25) is 0 Å². The third kappa shape index (κ3) is 3.33. The minimum absolute atomic E-state index is 0.0809. The maximum absolute atomic E-state index is 11.5. The zero-order chi connectivity index (χ0) is 15.6. The van der Waals surface area contributed by atoms with Crippen LogP contribution in [0.4, 0.5) is 5.82 Å². The van der Waals surface area contributed by atoms with Crippen LogP contribution in [0, 0.1) is 0 Å². The second-order valence-electron chi connectivity index (χ2n) is 6.71. The first-order valence-electron chi connectivity index (χ1n) is 8.32. The number of nitrogens with one attached hydrogen (secondary N) is 1. The molecule has 1 aromatic rings. The fourth-order valence-corrected chi connectivity index (χ4v) is 3.39. The first-order valence-corrected chi connectivity index (χ1v) is 8.32. The van der Waals surface area contributed by atoms with Gasteiger partial charge in [-0.25, -0.2) is 4.68 Å². The van der Waals surface area contributed by atoms with Crippen LogP contribution in [-0.2, 0) is 7.05 Å². The predicted octanol–water partition coefficient (Wildman–Crippen LogP) is 0.644. The zero-order valence-electron chi connectivity index (χ0n) is 13.3. The van der Waals surface area contributed by atoms with Crippen molar-refractivity contribution < 1.29 is 5.11 Å². The van der Waals surface area contributed by atoms with Crippen LogP contribution in [0.1, 0.15) is 38.5 Å². The molecule has 122 valence electrons. The number of hydrogen-bond acceptors (Lipinski definition) is 5. The first kappa shape index (κ1) is 15.5. The SMILES string of the molecule is Cn1nc(N2CCCCC2CNCC2(O)CCC2)ccc1=O. The molecule has 3 rings (SSSR count). The highest BCUT2D eigenvalue weighted by atomic mass is 16.3. The summed E-state index contributed by atoms with van der Waals surface area (Å²) in [4.78, 5) is 13.8. The average Bonchev–Trinajstić information content (AvgIpc) is 2.49. The Morgan fingerprint density at radius 2 is 2.18 bits per heavy atom. The second kappa shape index (κ2) is 6.38. The van der Waals surface area contributed by atoms with E-state index in [-0.39, 0.29) is 5.56 Å². The van der Waals surface area contributed by atoms with Gasteiger partial charge in [0, 0.05) is 38.8 Å². The van der Waals surface area contributed by atoms with E-state index in [1.165, 1.54) is 11.1 Å². The maximum atomic E-state index is 11.5. The Morgan fingerprint density at radius 3 is 2.86 bits per heavy atom. The molecular weight excluding hydrogens is 280 g/mol. The number of nitrogens with zero attached hydrogens (tertiary/aromatic N) is 3. The van der Waals surface area contributed by atoms with Crippen molar-refractivity contribution in [2.45, 2.75) is 50.2 Å². The Labute approximate surface area is 131 Å². The third-order valence-corrected chi connectivity index (χ3v) is 4.99. The van der Waals surface area contributed by atoms with Gasteiger partial charge in [-0.3, -0.25) is 4.79 Å². The Kier molecular flexibility index (Phi) is 4.49. The maximum Gasteiger partial charge on any atom is 0.266 e. The zero-order valence-corrected chi connectivity index (χ0v) is 13.3. The van der Waals surface area contributed by atoms with Gasteiger partial charge in [-0.15, -0.1) is 0 Å². The predicted molar refractivity (Wildman–Crippen MR) is 86.1 cm³/mol. The highest BCUT2D eigenvalue weighted by Crippen LogP contribution is 2.30. The van der Waals surface area contributed by atoms with Gasteiger partial charge in [-0.1, -0.05) is 0 Å². The number of anilines is 1. The van der Waals surface area contributed by atoms with Crippen molar-refractivity contribution in [3.05, 3.63) is 22.5 Å². The molecule has 1 saturated carbocycles. The molecular formula is C16H26N4O2. The Hall–Kier alpha value is -1.40. The Bertz CT molecular complexity index is 568. The first-order chi connectivity index (χ1) is 10.6. The van der Waals surface area contributed by atoms with Gasteiger partial charge in [0.05, 0.1) is 5.60 Å². The van der Waals surface area contributed by atoms with Crippen molar-refractivity contribution >= 4 is 5.82 Å². The van der Waals surface area contributed by atoms with Gasteiger partial charge < -0.3 is 15.3 Å². The van der Waals surface area contributed by atoms with E-state index in [1.807, 2.05) is 6.07 Å². The molecule has 0 bridgehead atoms. The molecule has 2 fully saturated rings. The molecule has 1 aliphatic carbocycles. The summed E-state index contributed by atoms with van der Waals surface area (Å²) >= 11 is 0. The summed E-state index contributed by atoms with van der Waals surface area (Å²) < 4.78 is 1.39. The third-order valence-electron chi connectivity index (χ3n) is 4.99. The van der Waals surface area contributed by atoms with Crippen molar-refractivity contribution in [2.24, 2.45) is 7.05 Å². The van der Waals surface area contributed by atoms with E-state index in [2.05, 4.69) is 15.3 Å². The smallest absolute Gasteiger partial charge is 0.266 e.